The molecule has 1 aromatic heterocycles. The summed E-state index contributed by atoms with van der Waals surface area (Å²) in [6.45, 7) is 2.95. The molecule has 3 aromatic carbocycles. The van der Waals surface area contributed by atoms with Gasteiger partial charge in [-0.1, -0.05) is 18.2 Å². The van der Waals surface area contributed by atoms with E-state index in [0.29, 0.717) is 42.3 Å². The van der Waals surface area contributed by atoms with E-state index in [2.05, 4.69) is 0 Å². The zero-order valence-corrected chi connectivity index (χ0v) is 22.6. The Kier molecular flexibility index (Phi) is 7.49. The van der Waals surface area contributed by atoms with Crippen molar-refractivity contribution in [3.05, 3.63) is 107 Å². The summed E-state index contributed by atoms with van der Waals surface area (Å²) in [6.07, 6.45) is 0.492. The van der Waals surface area contributed by atoms with Crippen molar-refractivity contribution in [3.8, 4) is 5.75 Å². The molecule has 0 atom stereocenters. The molecule has 0 spiro atoms. The zero-order valence-electron chi connectivity index (χ0n) is 21.7. The number of fused-ring (bicyclic) bond motifs is 1. The van der Waals surface area contributed by atoms with Crippen molar-refractivity contribution in [2.45, 2.75) is 31.3 Å². The van der Waals surface area contributed by atoms with Crippen LogP contribution in [0, 0.1) is 5.82 Å². The second-order valence-corrected chi connectivity index (χ2v) is 11.2. The number of hydrogen-bond donors (Lipinski definition) is 0. The molecule has 0 aliphatic carbocycles. The third-order valence-electron chi connectivity index (χ3n) is 6.78. The van der Waals surface area contributed by atoms with Gasteiger partial charge in [-0.2, -0.15) is 9.40 Å². The maximum Gasteiger partial charge on any atom is 0.258 e. The van der Waals surface area contributed by atoms with Crippen LogP contribution in [-0.4, -0.2) is 41.6 Å². The van der Waals surface area contributed by atoms with E-state index in [1.807, 2.05) is 44.3 Å². The standard InChI is InChI=1S/C29H29FN4O4S/c1-3-38-24-13-15-25(16-14-24)39(36,37)33-18-17-28-26(19-33)27(31-32(28)2)20-34(23-7-5-4-6-8-23)29(35)21-9-11-22(30)12-10-21/h4-16H,3,17-20H2,1-2H3. The molecule has 0 fully saturated rings. The lowest BCUT2D eigenvalue weighted by atomic mass is 10.1. The molecule has 0 saturated carbocycles. The number of benzene rings is 3. The first-order valence-electron chi connectivity index (χ1n) is 12.7. The number of para-hydroxylation sites is 1. The molecule has 39 heavy (non-hydrogen) atoms. The van der Waals surface area contributed by atoms with Crippen LogP contribution in [-0.2, 0) is 36.6 Å². The predicted molar refractivity (Wildman–Crippen MR) is 145 cm³/mol. The monoisotopic (exact) mass is 548 g/mol. The summed E-state index contributed by atoms with van der Waals surface area (Å²) in [5, 5.41) is 4.69. The Bertz CT molecular complexity index is 1570. The highest BCUT2D eigenvalue weighted by atomic mass is 32.2. The molecule has 8 nitrogen and oxygen atoms in total. The number of ether oxygens (including phenoxy) is 1. The van der Waals surface area contributed by atoms with Crippen molar-refractivity contribution >= 4 is 21.6 Å². The largest absolute Gasteiger partial charge is 0.494 e. The van der Waals surface area contributed by atoms with Gasteiger partial charge in [0.1, 0.15) is 11.6 Å². The number of halogens is 1. The highest BCUT2D eigenvalue weighted by Crippen LogP contribution is 2.30. The van der Waals surface area contributed by atoms with Crippen molar-refractivity contribution in [2.75, 3.05) is 18.1 Å². The van der Waals surface area contributed by atoms with Gasteiger partial charge in [0.2, 0.25) is 10.0 Å². The SMILES string of the molecule is CCOc1ccc(S(=O)(=O)N2CCc3c(c(CN(C(=O)c4ccc(F)cc4)c4ccccc4)nn3C)C2)cc1. The number of carbonyl (C=O) groups is 1. The second-order valence-electron chi connectivity index (χ2n) is 9.22. The summed E-state index contributed by atoms with van der Waals surface area (Å²) in [6, 6.07) is 21.0. The fraction of sp³-hybridized carbons (Fsp3) is 0.241. The third kappa shape index (κ3) is 5.43. The van der Waals surface area contributed by atoms with Crippen molar-refractivity contribution in [2.24, 2.45) is 7.05 Å². The number of amides is 1. The quantitative estimate of drug-likeness (QED) is 0.323. The van der Waals surface area contributed by atoms with E-state index in [-0.39, 0.29) is 23.9 Å². The number of nitrogens with zero attached hydrogens (tertiary/aromatic N) is 4. The Morgan fingerprint density at radius 2 is 1.72 bits per heavy atom. The van der Waals surface area contributed by atoms with Crippen LogP contribution in [0.2, 0.25) is 0 Å². The third-order valence-corrected chi connectivity index (χ3v) is 8.63. The van der Waals surface area contributed by atoms with Crippen LogP contribution in [0.15, 0.2) is 83.8 Å². The molecule has 1 aliphatic heterocycles. The van der Waals surface area contributed by atoms with Gasteiger partial charge in [0.15, 0.2) is 0 Å². The van der Waals surface area contributed by atoms with E-state index in [1.54, 1.807) is 33.8 Å². The van der Waals surface area contributed by atoms with Crippen LogP contribution in [0.3, 0.4) is 0 Å². The average Bonchev–Trinajstić information content (AvgIpc) is 3.27. The molecule has 5 rings (SSSR count). The van der Waals surface area contributed by atoms with Gasteiger partial charge in [0.05, 0.1) is 23.7 Å². The number of anilines is 1. The lowest BCUT2D eigenvalue weighted by Crippen LogP contribution is -2.37. The summed E-state index contributed by atoms with van der Waals surface area (Å²) >= 11 is 0. The van der Waals surface area contributed by atoms with Gasteiger partial charge in [-0.3, -0.25) is 9.48 Å². The first kappa shape index (κ1) is 26.6. The normalized spacial score (nSPS) is 13.6. The molecule has 10 heteroatoms. The highest BCUT2D eigenvalue weighted by Gasteiger charge is 2.33. The average molecular weight is 549 g/mol. The summed E-state index contributed by atoms with van der Waals surface area (Å²) in [7, 11) is -1.94. The van der Waals surface area contributed by atoms with Crippen molar-refractivity contribution < 1.29 is 22.3 Å². The van der Waals surface area contributed by atoms with E-state index in [4.69, 9.17) is 9.84 Å². The minimum Gasteiger partial charge on any atom is -0.494 e. The molecular formula is C29H29FN4O4S. The van der Waals surface area contributed by atoms with Crippen molar-refractivity contribution in [1.82, 2.24) is 14.1 Å². The summed E-state index contributed by atoms with van der Waals surface area (Å²) in [4.78, 5) is 15.3. The van der Waals surface area contributed by atoms with Gasteiger partial charge in [-0.25, -0.2) is 12.8 Å². The van der Waals surface area contributed by atoms with Gasteiger partial charge in [0, 0.05) is 49.1 Å². The molecule has 0 N–H and O–H groups in total. The van der Waals surface area contributed by atoms with Gasteiger partial charge in [0.25, 0.3) is 5.91 Å². The maximum atomic E-state index is 13.6. The van der Waals surface area contributed by atoms with Crippen molar-refractivity contribution in [3.63, 3.8) is 0 Å². The Morgan fingerprint density at radius 1 is 1.03 bits per heavy atom. The molecule has 202 valence electrons. The fourth-order valence-electron chi connectivity index (χ4n) is 4.79. The van der Waals surface area contributed by atoms with Gasteiger partial charge < -0.3 is 9.64 Å². The Hall–Kier alpha value is -4.02. The van der Waals surface area contributed by atoms with Crippen LogP contribution in [0.25, 0.3) is 0 Å². The summed E-state index contributed by atoms with van der Waals surface area (Å²) < 4.78 is 49.2. The van der Waals surface area contributed by atoms with Crippen LogP contribution in [0.4, 0.5) is 10.1 Å². The molecule has 0 radical (unpaired) electrons. The number of sulfonamides is 1. The molecule has 1 aliphatic rings. The number of aromatic nitrogens is 2. The minimum atomic E-state index is -3.76. The van der Waals surface area contributed by atoms with E-state index in [0.717, 1.165) is 11.3 Å². The van der Waals surface area contributed by atoms with E-state index < -0.39 is 15.8 Å². The first-order chi connectivity index (χ1) is 18.8. The smallest absolute Gasteiger partial charge is 0.258 e. The Balaban J connectivity index is 1.46. The van der Waals surface area contributed by atoms with Crippen LogP contribution < -0.4 is 9.64 Å². The molecule has 1 amide bonds. The lowest BCUT2D eigenvalue weighted by Gasteiger charge is -2.28. The predicted octanol–water partition coefficient (Wildman–Crippen LogP) is 4.55. The minimum absolute atomic E-state index is 0.125. The topological polar surface area (TPSA) is 84.7 Å². The number of rotatable bonds is 8. The van der Waals surface area contributed by atoms with Gasteiger partial charge in [-0.15, -0.1) is 0 Å². The molecule has 0 bridgehead atoms. The van der Waals surface area contributed by atoms with Gasteiger partial charge >= 0.3 is 0 Å². The Labute approximate surface area is 227 Å². The molecular weight excluding hydrogens is 519 g/mol. The van der Waals surface area contributed by atoms with Gasteiger partial charge in [-0.05, 0) is 67.6 Å². The molecule has 4 aromatic rings. The molecule has 0 saturated heterocycles. The van der Waals surface area contributed by atoms with Crippen LogP contribution >= 0.6 is 0 Å². The zero-order chi connectivity index (χ0) is 27.6. The Morgan fingerprint density at radius 3 is 2.38 bits per heavy atom. The molecule has 0 unspecified atom stereocenters. The lowest BCUT2D eigenvalue weighted by molar-refractivity contribution is 0.0984. The molecule has 2 heterocycles. The number of hydrogen-bond acceptors (Lipinski definition) is 5. The van der Waals surface area contributed by atoms with Crippen LogP contribution in [0.5, 0.6) is 5.75 Å². The fourth-order valence-corrected chi connectivity index (χ4v) is 6.20. The number of carbonyl (C=O) groups excluding carboxylic acids is 1. The second kappa shape index (κ2) is 11.0. The maximum absolute atomic E-state index is 13.6. The van der Waals surface area contributed by atoms with Crippen LogP contribution in [0.1, 0.15) is 34.2 Å². The first-order valence-corrected chi connectivity index (χ1v) is 14.1. The van der Waals surface area contributed by atoms with E-state index in [1.165, 1.54) is 28.6 Å². The summed E-state index contributed by atoms with van der Waals surface area (Å²) in [5.41, 5.74) is 3.32. The van der Waals surface area contributed by atoms with E-state index >= 15 is 0 Å². The van der Waals surface area contributed by atoms with E-state index in [9.17, 15) is 17.6 Å². The summed E-state index contributed by atoms with van der Waals surface area (Å²) in [5.74, 6) is -0.125. The van der Waals surface area contributed by atoms with Crippen molar-refractivity contribution in [1.29, 1.82) is 0 Å². The highest BCUT2D eigenvalue weighted by molar-refractivity contribution is 7.89. The number of aryl methyl sites for hydroxylation is 1.